The first kappa shape index (κ1) is 17.7. The van der Waals surface area contributed by atoms with Crippen LogP contribution in [0.1, 0.15) is 16.8 Å². The number of rotatable bonds is 7. The maximum absolute atomic E-state index is 11.7. The Morgan fingerprint density at radius 1 is 1.30 bits per heavy atom. The molecule has 0 bridgehead atoms. The Balaban J connectivity index is 2.65. The average Bonchev–Trinajstić information content (AvgIpc) is 2.55. The zero-order valence-electron chi connectivity index (χ0n) is 12.3. The van der Waals surface area contributed by atoms with E-state index in [1.165, 1.54) is 25.4 Å². The molecular formula is C15H15N3O5. The summed E-state index contributed by atoms with van der Waals surface area (Å²) in [6.45, 7) is -0.0684. The van der Waals surface area contributed by atoms with Crippen molar-refractivity contribution in [1.29, 1.82) is 5.26 Å². The number of nitrogens with one attached hydrogen (secondary N) is 2. The fourth-order valence-corrected chi connectivity index (χ4v) is 1.50. The van der Waals surface area contributed by atoms with Crippen molar-refractivity contribution in [3.05, 3.63) is 41.6 Å². The number of amides is 1. The second kappa shape index (κ2) is 8.84. The Morgan fingerprint density at radius 2 is 1.96 bits per heavy atom. The van der Waals surface area contributed by atoms with Crippen molar-refractivity contribution >= 4 is 23.5 Å². The number of anilines is 1. The molecule has 0 spiro atoms. The van der Waals surface area contributed by atoms with Crippen LogP contribution in [0.4, 0.5) is 5.69 Å². The molecule has 0 saturated carbocycles. The zero-order valence-corrected chi connectivity index (χ0v) is 12.3. The lowest BCUT2D eigenvalue weighted by Crippen LogP contribution is -2.27. The summed E-state index contributed by atoms with van der Waals surface area (Å²) < 4.78 is 4.57. The number of hydrogen-bond donors (Lipinski definition) is 3. The number of methoxy groups -OCH3 is 1. The molecule has 0 aliphatic rings. The maximum Gasteiger partial charge on any atom is 0.337 e. The third-order valence-electron chi connectivity index (χ3n) is 2.68. The number of carboxylic acids is 1. The Kier molecular flexibility index (Phi) is 6.81. The lowest BCUT2D eigenvalue weighted by Gasteiger charge is -2.05. The molecule has 0 unspecified atom stereocenters. The van der Waals surface area contributed by atoms with Crippen LogP contribution in [0.15, 0.2) is 36.0 Å². The van der Waals surface area contributed by atoms with E-state index in [2.05, 4.69) is 15.4 Å². The maximum atomic E-state index is 11.7. The minimum atomic E-state index is -1.04. The molecule has 1 amide bonds. The van der Waals surface area contributed by atoms with Gasteiger partial charge in [-0.25, -0.2) is 4.79 Å². The largest absolute Gasteiger partial charge is 0.481 e. The van der Waals surface area contributed by atoms with Gasteiger partial charge in [-0.15, -0.1) is 0 Å². The number of carboxylic acid groups (broad SMARTS) is 1. The minimum absolute atomic E-state index is 0.0684. The van der Waals surface area contributed by atoms with E-state index in [1.807, 2.05) is 0 Å². The van der Waals surface area contributed by atoms with Gasteiger partial charge in [0, 0.05) is 18.4 Å². The van der Waals surface area contributed by atoms with Crippen LogP contribution < -0.4 is 10.6 Å². The van der Waals surface area contributed by atoms with Gasteiger partial charge in [0.1, 0.15) is 11.6 Å². The van der Waals surface area contributed by atoms with Crippen molar-refractivity contribution in [2.75, 3.05) is 19.0 Å². The molecule has 23 heavy (non-hydrogen) atoms. The van der Waals surface area contributed by atoms with Crippen LogP contribution in [-0.2, 0) is 14.3 Å². The number of aliphatic carboxylic acids is 1. The highest BCUT2D eigenvalue weighted by molar-refractivity contribution is 5.97. The molecule has 0 radical (unpaired) electrons. The molecule has 0 fully saturated rings. The SMILES string of the molecule is COC(=O)c1ccc(N/C=C(/C#N)C(=O)NCCC(=O)O)cc1. The van der Waals surface area contributed by atoms with Gasteiger partial charge in [-0.3, -0.25) is 9.59 Å². The van der Waals surface area contributed by atoms with E-state index in [0.717, 1.165) is 0 Å². The summed E-state index contributed by atoms with van der Waals surface area (Å²) in [7, 11) is 1.28. The Labute approximate surface area is 132 Å². The second-order valence-corrected chi connectivity index (χ2v) is 4.28. The molecule has 0 saturated heterocycles. The van der Waals surface area contributed by atoms with Gasteiger partial charge in [0.15, 0.2) is 0 Å². The monoisotopic (exact) mass is 317 g/mol. The molecule has 0 atom stereocenters. The standard InChI is InChI=1S/C15H15N3O5/c1-23-15(22)10-2-4-12(5-3-10)18-9-11(8-16)14(21)17-7-6-13(19)20/h2-5,9,18H,6-7H2,1H3,(H,17,21)(H,19,20)/b11-9-. The first-order valence-electron chi connectivity index (χ1n) is 6.53. The Bertz CT molecular complexity index is 659. The van der Waals surface area contributed by atoms with Crippen LogP contribution in [-0.4, -0.2) is 36.6 Å². The quantitative estimate of drug-likeness (QED) is 0.387. The molecule has 1 aromatic rings. The number of carbonyl (C=O) groups is 3. The molecule has 8 nitrogen and oxygen atoms in total. The molecular weight excluding hydrogens is 302 g/mol. The fraction of sp³-hybridized carbons (Fsp3) is 0.200. The molecule has 120 valence electrons. The third kappa shape index (κ3) is 5.89. The molecule has 0 heterocycles. The van der Waals surface area contributed by atoms with Gasteiger partial charge in [0.25, 0.3) is 5.91 Å². The van der Waals surface area contributed by atoms with E-state index in [0.29, 0.717) is 11.3 Å². The lowest BCUT2D eigenvalue weighted by atomic mass is 10.2. The number of carbonyl (C=O) groups excluding carboxylic acids is 2. The minimum Gasteiger partial charge on any atom is -0.481 e. The van der Waals surface area contributed by atoms with Gasteiger partial charge in [-0.2, -0.15) is 5.26 Å². The number of esters is 1. The molecule has 0 aromatic heterocycles. The number of ether oxygens (including phenoxy) is 1. The van der Waals surface area contributed by atoms with Crippen LogP contribution in [0, 0.1) is 11.3 Å². The Morgan fingerprint density at radius 3 is 2.48 bits per heavy atom. The predicted molar refractivity (Wildman–Crippen MR) is 80.4 cm³/mol. The number of hydrogen-bond acceptors (Lipinski definition) is 6. The van der Waals surface area contributed by atoms with E-state index in [4.69, 9.17) is 10.4 Å². The summed E-state index contributed by atoms with van der Waals surface area (Å²) >= 11 is 0. The first-order valence-corrected chi connectivity index (χ1v) is 6.53. The molecule has 8 heteroatoms. The van der Waals surface area contributed by atoms with Crippen LogP contribution in [0.5, 0.6) is 0 Å². The molecule has 0 aliphatic heterocycles. The van der Waals surface area contributed by atoms with E-state index in [1.54, 1.807) is 18.2 Å². The molecule has 0 aliphatic carbocycles. The van der Waals surface area contributed by atoms with E-state index < -0.39 is 17.8 Å². The highest BCUT2D eigenvalue weighted by Crippen LogP contribution is 2.11. The van der Waals surface area contributed by atoms with Crippen molar-refractivity contribution in [2.24, 2.45) is 0 Å². The average molecular weight is 317 g/mol. The predicted octanol–water partition coefficient (Wildman–Crippen LogP) is 0.883. The zero-order chi connectivity index (χ0) is 17.2. The molecule has 1 aromatic carbocycles. The summed E-state index contributed by atoms with van der Waals surface area (Å²) in [6.07, 6.45) is 0.968. The van der Waals surface area contributed by atoms with Crippen molar-refractivity contribution in [3.63, 3.8) is 0 Å². The summed E-state index contributed by atoms with van der Waals surface area (Å²) in [5.41, 5.74) is 0.727. The van der Waals surface area contributed by atoms with E-state index in [9.17, 15) is 14.4 Å². The van der Waals surface area contributed by atoms with Gasteiger partial charge in [0.05, 0.1) is 19.1 Å². The molecule has 3 N–H and O–H groups in total. The van der Waals surface area contributed by atoms with E-state index >= 15 is 0 Å². The van der Waals surface area contributed by atoms with Crippen molar-refractivity contribution in [1.82, 2.24) is 5.32 Å². The number of nitriles is 1. The van der Waals surface area contributed by atoms with Gasteiger partial charge >= 0.3 is 11.9 Å². The van der Waals surface area contributed by atoms with Crippen LogP contribution in [0.3, 0.4) is 0 Å². The van der Waals surface area contributed by atoms with Crippen LogP contribution in [0.25, 0.3) is 0 Å². The molecule has 1 rings (SSSR count). The lowest BCUT2D eigenvalue weighted by molar-refractivity contribution is -0.136. The van der Waals surface area contributed by atoms with Gasteiger partial charge in [0.2, 0.25) is 0 Å². The van der Waals surface area contributed by atoms with Gasteiger partial charge in [-0.05, 0) is 24.3 Å². The topological polar surface area (TPSA) is 129 Å². The van der Waals surface area contributed by atoms with Crippen LogP contribution in [0.2, 0.25) is 0 Å². The summed E-state index contributed by atoms with van der Waals surface area (Å²) in [5.74, 6) is -2.19. The normalized spacial score (nSPS) is 10.3. The summed E-state index contributed by atoms with van der Waals surface area (Å²) in [4.78, 5) is 33.3. The van der Waals surface area contributed by atoms with Crippen molar-refractivity contribution in [3.8, 4) is 6.07 Å². The Hall–Kier alpha value is -3.34. The van der Waals surface area contributed by atoms with Crippen LogP contribution >= 0.6 is 0 Å². The van der Waals surface area contributed by atoms with E-state index in [-0.39, 0.29) is 18.5 Å². The van der Waals surface area contributed by atoms with Gasteiger partial charge in [-0.1, -0.05) is 0 Å². The number of benzene rings is 1. The second-order valence-electron chi connectivity index (χ2n) is 4.28. The third-order valence-corrected chi connectivity index (χ3v) is 2.68. The van der Waals surface area contributed by atoms with Gasteiger partial charge < -0.3 is 20.5 Å². The van der Waals surface area contributed by atoms with Crippen molar-refractivity contribution < 1.29 is 24.2 Å². The fourth-order valence-electron chi connectivity index (χ4n) is 1.50. The first-order chi connectivity index (χ1) is 11.0. The number of nitrogens with zero attached hydrogens (tertiary/aromatic N) is 1. The highest BCUT2D eigenvalue weighted by Gasteiger charge is 2.09. The summed E-state index contributed by atoms with van der Waals surface area (Å²) in [5, 5.41) is 22.5. The smallest absolute Gasteiger partial charge is 0.337 e. The highest BCUT2D eigenvalue weighted by atomic mass is 16.5. The summed E-state index contributed by atoms with van der Waals surface area (Å²) in [6, 6.07) is 7.94. The van der Waals surface area contributed by atoms with Crippen molar-refractivity contribution in [2.45, 2.75) is 6.42 Å².